The fraction of sp³-hybridized carbons (Fsp3) is 0.867. The molecule has 0 aliphatic heterocycles. The summed E-state index contributed by atoms with van der Waals surface area (Å²) in [7, 11) is 0. The quantitative estimate of drug-likeness (QED) is 0.718. The van der Waals surface area contributed by atoms with Crippen molar-refractivity contribution in [3.63, 3.8) is 0 Å². The van der Waals surface area contributed by atoms with Gasteiger partial charge in [-0.15, -0.1) is 0 Å². The van der Waals surface area contributed by atoms with Crippen molar-refractivity contribution in [1.82, 2.24) is 0 Å². The van der Waals surface area contributed by atoms with Gasteiger partial charge in [-0.1, -0.05) is 26.8 Å². The van der Waals surface area contributed by atoms with Crippen molar-refractivity contribution in [2.24, 2.45) is 23.2 Å². The molecule has 2 aliphatic rings. The summed E-state index contributed by atoms with van der Waals surface area (Å²) in [6.45, 7) is 7.30. The second kappa shape index (κ2) is 4.52. The summed E-state index contributed by atoms with van der Waals surface area (Å²) in [6, 6.07) is 0. The van der Waals surface area contributed by atoms with E-state index in [1.54, 1.807) is 0 Å². The molecular formula is C15H26O. The first-order chi connectivity index (χ1) is 7.59. The summed E-state index contributed by atoms with van der Waals surface area (Å²) in [5.74, 6) is 2.79. The lowest BCUT2D eigenvalue weighted by Gasteiger charge is -2.38. The highest BCUT2D eigenvalue weighted by atomic mass is 16.3. The van der Waals surface area contributed by atoms with E-state index in [9.17, 15) is 5.11 Å². The van der Waals surface area contributed by atoms with Crippen molar-refractivity contribution in [1.29, 1.82) is 0 Å². The SMILES string of the molecule is CC/C(=C\CC1C2CCC(C2)C1(C)C)CO. The molecule has 2 fully saturated rings. The number of aliphatic hydroxyl groups is 1. The van der Waals surface area contributed by atoms with E-state index in [0.29, 0.717) is 5.41 Å². The Hall–Kier alpha value is -0.300. The van der Waals surface area contributed by atoms with Crippen LogP contribution < -0.4 is 0 Å². The zero-order valence-corrected chi connectivity index (χ0v) is 11.0. The molecule has 1 nitrogen and oxygen atoms in total. The Bertz CT molecular complexity index is 271. The molecule has 2 aliphatic carbocycles. The lowest BCUT2D eigenvalue weighted by atomic mass is 9.67. The molecule has 92 valence electrons. The van der Waals surface area contributed by atoms with E-state index in [1.165, 1.54) is 31.3 Å². The molecule has 2 bridgehead atoms. The van der Waals surface area contributed by atoms with Gasteiger partial charge < -0.3 is 5.11 Å². The highest BCUT2D eigenvalue weighted by Crippen LogP contribution is 2.60. The Morgan fingerprint density at radius 2 is 2.12 bits per heavy atom. The molecule has 0 spiro atoms. The van der Waals surface area contributed by atoms with Gasteiger partial charge in [-0.05, 0) is 60.8 Å². The Morgan fingerprint density at radius 1 is 1.38 bits per heavy atom. The van der Waals surface area contributed by atoms with Gasteiger partial charge in [-0.25, -0.2) is 0 Å². The van der Waals surface area contributed by atoms with E-state index in [0.717, 1.165) is 24.2 Å². The van der Waals surface area contributed by atoms with E-state index in [1.807, 2.05) is 0 Å². The third-order valence-corrected chi connectivity index (χ3v) is 5.37. The minimum Gasteiger partial charge on any atom is -0.392 e. The van der Waals surface area contributed by atoms with Crippen molar-refractivity contribution >= 4 is 0 Å². The van der Waals surface area contributed by atoms with Crippen molar-refractivity contribution < 1.29 is 5.11 Å². The molecule has 1 N–H and O–H groups in total. The van der Waals surface area contributed by atoms with Crippen LogP contribution in [0.4, 0.5) is 0 Å². The van der Waals surface area contributed by atoms with Crippen molar-refractivity contribution in [2.75, 3.05) is 6.61 Å². The van der Waals surface area contributed by atoms with Gasteiger partial charge in [0, 0.05) is 0 Å². The van der Waals surface area contributed by atoms with E-state index < -0.39 is 0 Å². The molecule has 0 aromatic carbocycles. The van der Waals surface area contributed by atoms with Gasteiger partial charge in [0.15, 0.2) is 0 Å². The highest BCUT2D eigenvalue weighted by molar-refractivity contribution is 5.08. The summed E-state index contributed by atoms with van der Waals surface area (Å²) in [5, 5.41) is 9.19. The summed E-state index contributed by atoms with van der Waals surface area (Å²) in [4.78, 5) is 0. The third-order valence-electron chi connectivity index (χ3n) is 5.37. The van der Waals surface area contributed by atoms with E-state index in [2.05, 4.69) is 26.8 Å². The fourth-order valence-corrected chi connectivity index (χ4v) is 4.08. The standard InChI is InChI=1S/C15H26O/c1-4-11(10-16)5-8-14-12-6-7-13(9-12)15(14,2)3/h5,12-14,16H,4,6-10H2,1-3H3/b11-5+. The van der Waals surface area contributed by atoms with Crippen LogP contribution in [0, 0.1) is 23.2 Å². The van der Waals surface area contributed by atoms with Crippen LogP contribution >= 0.6 is 0 Å². The van der Waals surface area contributed by atoms with Crippen LogP contribution in [0.2, 0.25) is 0 Å². The molecule has 1 heteroatoms. The maximum absolute atomic E-state index is 9.19. The molecular weight excluding hydrogens is 196 g/mol. The fourth-order valence-electron chi connectivity index (χ4n) is 4.08. The minimum atomic E-state index is 0.248. The second-order valence-corrected chi connectivity index (χ2v) is 6.31. The molecule has 3 atom stereocenters. The highest BCUT2D eigenvalue weighted by Gasteiger charge is 2.51. The predicted octanol–water partition coefficient (Wildman–Crippen LogP) is 3.78. The summed E-state index contributed by atoms with van der Waals surface area (Å²) < 4.78 is 0. The minimum absolute atomic E-state index is 0.248. The van der Waals surface area contributed by atoms with E-state index in [4.69, 9.17) is 0 Å². The Morgan fingerprint density at radius 3 is 2.62 bits per heavy atom. The van der Waals surface area contributed by atoms with Gasteiger partial charge in [0.25, 0.3) is 0 Å². The lowest BCUT2D eigenvalue weighted by Crippen LogP contribution is -2.30. The summed E-state index contributed by atoms with van der Waals surface area (Å²) in [5.41, 5.74) is 1.76. The molecule has 2 rings (SSSR count). The molecule has 0 amide bonds. The lowest BCUT2D eigenvalue weighted by molar-refractivity contribution is 0.124. The smallest absolute Gasteiger partial charge is 0.0641 e. The van der Waals surface area contributed by atoms with E-state index in [-0.39, 0.29) is 6.61 Å². The van der Waals surface area contributed by atoms with Crippen LogP contribution in [0.1, 0.15) is 52.9 Å². The first-order valence-electron chi connectivity index (χ1n) is 6.88. The molecule has 3 unspecified atom stereocenters. The molecule has 0 heterocycles. The third kappa shape index (κ3) is 1.95. The van der Waals surface area contributed by atoms with Crippen molar-refractivity contribution in [3.05, 3.63) is 11.6 Å². The Labute approximate surface area is 99.9 Å². The van der Waals surface area contributed by atoms with Crippen LogP contribution in [0.5, 0.6) is 0 Å². The number of hydrogen-bond acceptors (Lipinski definition) is 1. The Balaban J connectivity index is 2.02. The molecule has 0 aromatic heterocycles. The normalized spacial score (nSPS) is 37.0. The topological polar surface area (TPSA) is 20.2 Å². The predicted molar refractivity (Wildman–Crippen MR) is 68.2 cm³/mol. The van der Waals surface area contributed by atoms with Crippen molar-refractivity contribution in [3.8, 4) is 0 Å². The molecule has 2 saturated carbocycles. The first kappa shape index (κ1) is 12.2. The van der Waals surface area contributed by atoms with Gasteiger partial charge in [-0.3, -0.25) is 0 Å². The average Bonchev–Trinajstić information content (AvgIpc) is 2.80. The molecule has 0 saturated heterocycles. The Kier molecular flexibility index (Phi) is 3.44. The molecule has 16 heavy (non-hydrogen) atoms. The number of rotatable bonds is 4. The summed E-state index contributed by atoms with van der Waals surface area (Å²) >= 11 is 0. The maximum Gasteiger partial charge on any atom is 0.0641 e. The monoisotopic (exact) mass is 222 g/mol. The van der Waals surface area contributed by atoms with Crippen LogP contribution in [-0.4, -0.2) is 11.7 Å². The number of allylic oxidation sites excluding steroid dienone is 1. The number of hydrogen-bond donors (Lipinski definition) is 1. The van der Waals surface area contributed by atoms with Crippen LogP contribution in [-0.2, 0) is 0 Å². The molecule has 0 aromatic rings. The van der Waals surface area contributed by atoms with Crippen LogP contribution in [0.25, 0.3) is 0 Å². The van der Waals surface area contributed by atoms with Gasteiger partial charge in [0.05, 0.1) is 6.61 Å². The second-order valence-electron chi connectivity index (χ2n) is 6.31. The van der Waals surface area contributed by atoms with Gasteiger partial charge in [-0.2, -0.15) is 0 Å². The van der Waals surface area contributed by atoms with E-state index >= 15 is 0 Å². The number of aliphatic hydroxyl groups excluding tert-OH is 1. The largest absolute Gasteiger partial charge is 0.392 e. The van der Waals surface area contributed by atoms with Gasteiger partial charge >= 0.3 is 0 Å². The first-order valence-corrected chi connectivity index (χ1v) is 6.88. The maximum atomic E-state index is 9.19. The molecule has 0 radical (unpaired) electrons. The van der Waals surface area contributed by atoms with Crippen LogP contribution in [0.15, 0.2) is 11.6 Å². The van der Waals surface area contributed by atoms with Gasteiger partial charge in [0.1, 0.15) is 0 Å². The van der Waals surface area contributed by atoms with Crippen LogP contribution in [0.3, 0.4) is 0 Å². The number of fused-ring (bicyclic) bond motifs is 2. The average molecular weight is 222 g/mol. The zero-order chi connectivity index (χ0) is 11.8. The van der Waals surface area contributed by atoms with Gasteiger partial charge in [0.2, 0.25) is 0 Å². The zero-order valence-electron chi connectivity index (χ0n) is 11.0. The van der Waals surface area contributed by atoms with Crippen molar-refractivity contribution in [2.45, 2.75) is 52.9 Å². The summed E-state index contributed by atoms with van der Waals surface area (Å²) in [6.07, 6.45) is 8.88.